The van der Waals surface area contributed by atoms with Gasteiger partial charge in [0.2, 0.25) is 0 Å². The van der Waals surface area contributed by atoms with Gasteiger partial charge in [-0.15, -0.1) is 5.11 Å². The zero-order chi connectivity index (χ0) is 22.0. The van der Waals surface area contributed by atoms with E-state index < -0.39 is 10.1 Å². The van der Waals surface area contributed by atoms with Crippen molar-refractivity contribution in [1.82, 2.24) is 0 Å². The first-order valence-electron chi connectivity index (χ1n) is 9.25. The zero-order valence-electron chi connectivity index (χ0n) is 17.1. The molecule has 0 atom stereocenters. The van der Waals surface area contributed by atoms with Gasteiger partial charge in [-0.2, -0.15) is 13.5 Å². The van der Waals surface area contributed by atoms with Crippen LogP contribution in [0.15, 0.2) is 100 Å². The number of ketones is 1. The van der Waals surface area contributed by atoms with Crippen LogP contribution >= 0.6 is 0 Å². The Hall–Kier alpha value is -2.88. The molecular formula is C23H17N3NaO4S. The average Bonchev–Trinajstić information content (AvgIpc) is 2.78. The van der Waals surface area contributed by atoms with Crippen molar-refractivity contribution in [1.29, 1.82) is 0 Å². The van der Waals surface area contributed by atoms with Crippen LogP contribution < -0.4 is 5.73 Å². The van der Waals surface area contributed by atoms with E-state index in [4.69, 9.17) is 5.73 Å². The normalized spacial score (nSPS) is 11.4. The molecule has 0 aromatic heterocycles. The molecule has 4 aromatic carbocycles. The molecule has 0 fully saturated rings. The molecule has 32 heavy (non-hydrogen) atoms. The van der Waals surface area contributed by atoms with Gasteiger partial charge in [-0.1, -0.05) is 54.6 Å². The number of rotatable bonds is 5. The Labute approximate surface area is 207 Å². The van der Waals surface area contributed by atoms with Gasteiger partial charge in [-0.3, -0.25) is 9.35 Å². The van der Waals surface area contributed by atoms with Gasteiger partial charge in [0.15, 0.2) is 5.78 Å². The summed E-state index contributed by atoms with van der Waals surface area (Å²) in [5.74, 6) is -0.111. The number of nitrogens with two attached hydrogens (primary N) is 1. The SMILES string of the molecule is Nc1c(N=Nc2ccc(C(=O)c3ccccc3)cc2)cc(S(=O)(=O)O)c2ccccc12.[Na]. The number of fused-ring (bicyclic) bond motifs is 1. The summed E-state index contributed by atoms with van der Waals surface area (Å²) in [5.41, 5.74) is 8.03. The first kappa shape index (κ1) is 23.8. The molecule has 4 rings (SSSR count). The number of benzene rings is 4. The van der Waals surface area contributed by atoms with Gasteiger partial charge in [0.25, 0.3) is 10.1 Å². The van der Waals surface area contributed by atoms with Crippen LogP contribution in [0, 0.1) is 0 Å². The number of hydrogen-bond donors (Lipinski definition) is 2. The van der Waals surface area contributed by atoms with E-state index in [1.165, 1.54) is 6.07 Å². The second-order valence-electron chi connectivity index (χ2n) is 6.77. The summed E-state index contributed by atoms with van der Waals surface area (Å²) in [6.45, 7) is 0. The Morgan fingerprint density at radius 2 is 1.34 bits per heavy atom. The van der Waals surface area contributed by atoms with Gasteiger partial charge in [-0.05, 0) is 30.3 Å². The molecule has 1 radical (unpaired) electrons. The summed E-state index contributed by atoms with van der Waals surface area (Å²) in [7, 11) is -4.49. The molecule has 0 aliphatic carbocycles. The molecule has 0 unspecified atom stereocenters. The van der Waals surface area contributed by atoms with E-state index in [0.29, 0.717) is 27.6 Å². The van der Waals surface area contributed by atoms with E-state index >= 15 is 0 Å². The van der Waals surface area contributed by atoms with Crippen molar-refractivity contribution < 1.29 is 17.8 Å². The van der Waals surface area contributed by atoms with Gasteiger partial charge in [-0.25, -0.2) is 0 Å². The smallest absolute Gasteiger partial charge is 0.295 e. The summed E-state index contributed by atoms with van der Waals surface area (Å²) < 4.78 is 33.2. The predicted molar refractivity (Wildman–Crippen MR) is 124 cm³/mol. The zero-order valence-corrected chi connectivity index (χ0v) is 20.0. The van der Waals surface area contributed by atoms with E-state index in [0.717, 1.165) is 0 Å². The Balaban J connectivity index is 0.00000289. The number of nitrogen functional groups attached to an aromatic ring is 1. The molecule has 7 nitrogen and oxygen atoms in total. The van der Waals surface area contributed by atoms with Crippen molar-refractivity contribution in [2.75, 3.05) is 5.73 Å². The fraction of sp³-hybridized carbons (Fsp3) is 0. The van der Waals surface area contributed by atoms with Crippen molar-refractivity contribution in [2.45, 2.75) is 4.90 Å². The third-order valence-electron chi connectivity index (χ3n) is 4.74. The topological polar surface area (TPSA) is 122 Å². The number of hydrogen-bond acceptors (Lipinski definition) is 6. The average molecular weight is 454 g/mol. The van der Waals surface area contributed by atoms with E-state index in [-0.39, 0.29) is 51.6 Å². The molecule has 0 saturated carbocycles. The van der Waals surface area contributed by atoms with Crippen molar-refractivity contribution in [3.8, 4) is 0 Å². The first-order chi connectivity index (χ1) is 14.8. The largest absolute Gasteiger partial charge is 0.396 e. The third-order valence-corrected chi connectivity index (χ3v) is 5.64. The van der Waals surface area contributed by atoms with Crippen LogP contribution in [0.5, 0.6) is 0 Å². The molecule has 0 aliphatic rings. The van der Waals surface area contributed by atoms with Gasteiger partial charge < -0.3 is 5.73 Å². The number of carbonyl (C=O) groups excluding carboxylic acids is 1. The number of anilines is 1. The fourth-order valence-corrected chi connectivity index (χ4v) is 3.91. The maximum Gasteiger partial charge on any atom is 0.295 e. The van der Waals surface area contributed by atoms with Crippen LogP contribution in [0.3, 0.4) is 0 Å². The van der Waals surface area contributed by atoms with Gasteiger partial charge >= 0.3 is 0 Å². The molecule has 0 saturated heterocycles. The third kappa shape index (κ3) is 4.95. The van der Waals surface area contributed by atoms with Crippen LogP contribution in [-0.2, 0) is 10.1 Å². The van der Waals surface area contributed by atoms with E-state index in [2.05, 4.69) is 10.2 Å². The monoisotopic (exact) mass is 454 g/mol. The van der Waals surface area contributed by atoms with Gasteiger partial charge in [0.05, 0.1) is 11.4 Å². The Morgan fingerprint density at radius 3 is 1.97 bits per heavy atom. The quantitative estimate of drug-likeness (QED) is 0.145. The van der Waals surface area contributed by atoms with Crippen molar-refractivity contribution in [3.05, 3.63) is 96.1 Å². The van der Waals surface area contributed by atoms with Crippen molar-refractivity contribution in [2.24, 2.45) is 10.2 Å². The van der Waals surface area contributed by atoms with Crippen LogP contribution in [0.25, 0.3) is 10.8 Å². The van der Waals surface area contributed by atoms with Crippen molar-refractivity contribution in [3.63, 3.8) is 0 Å². The fourth-order valence-electron chi connectivity index (χ4n) is 3.19. The second kappa shape index (κ2) is 9.72. The molecular weight excluding hydrogens is 437 g/mol. The number of nitrogens with zero attached hydrogens (tertiary/aromatic N) is 2. The Bertz CT molecular complexity index is 1420. The minimum atomic E-state index is -4.49. The molecule has 3 N–H and O–H groups in total. The standard InChI is InChI=1S/C23H17N3O4S.Na/c24-22-19-9-5-4-8-18(19)21(31(28,29)30)14-20(22)26-25-17-12-10-16(11-13-17)23(27)15-6-2-1-3-7-15;/h1-14H,24H2,(H,28,29,30);. The number of carbonyl (C=O) groups is 1. The molecule has 0 bridgehead atoms. The van der Waals surface area contributed by atoms with Crippen LogP contribution in [0.1, 0.15) is 15.9 Å². The van der Waals surface area contributed by atoms with E-state index in [1.54, 1.807) is 72.8 Å². The first-order valence-corrected chi connectivity index (χ1v) is 10.7. The molecule has 155 valence electrons. The molecule has 0 heterocycles. The van der Waals surface area contributed by atoms with Crippen LogP contribution in [-0.4, -0.2) is 48.3 Å². The summed E-state index contributed by atoms with van der Waals surface area (Å²) >= 11 is 0. The summed E-state index contributed by atoms with van der Waals surface area (Å²) in [4.78, 5) is 12.2. The van der Waals surface area contributed by atoms with E-state index in [1.807, 2.05) is 6.07 Å². The van der Waals surface area contributed by atoms with Gasteiger partial charge in [0.1, 0.15) is 10.6 Å². The van der Waals surface area contributed by atoms with Gasteiger partial charge in [0, 0.05) is 51.5 Å². The molecule has 0 spiro atoms. The Morgan fingerprint density at radius 1 is 0.781 bits per heavy atom. The summed E-state index contributed by atoms with van der Waals surface area (Å²) in [5, 5.41) is 8.91. The molecule has 4 aromatic rings. The predicted octanol–water partition coefficient (Wildman–Crippen LogP) is 4.93. The molecule has 9 heteroatoms. The maximum absolute atomic E-state index is 12.5. The van der Waals surface area contributed by atoms with Crippen LogP contribution in [0.2, 0.25) is 0 Å². The Kier molecular flexibility index (Phi) is 7.22. The molecule has 0 aliphatic heterocycles. The summed E-state index contributed by atoms with van der Waals surface area (Å²) in [6, 6.07) is 23.2. The minimum Gasteiger partial charge on any atom is -0.396 e. The van der Waals surface area contributed by atoms with Crippen molar-refractivity contribution >= 4 is 73.3 Å². The van der Waals surface area contributed by atoms with E-state index in [9.17, 15) is 17.8 Å². The minimum absolute atomic E-state index is 0. The maximum atomic E-state index is 12.5. The van der Waals surface area contributed by atoms with Crippen LogP contribution in [0.4, 0.5) is 17.1 Å². The molecule has 0 amide bonds. The second-order valence-corrected chi connectivity index (χ2v) is 8.16. The number of azo groups is 1. The summed E-state index contributed by atoms with van der Waals surface area (Å²) in [6.07, 6.45) is 0.